The van der Waals surface area contributed by atoms with Crippen LogP contribution in [0.25, 0.3) is 0 Å². The normalized spacial score (nSPS) is 12.5. The van der Waals surface area contributed by atoms with E-state index in [1.807, 2.05) is 30.3 Å². The Kier molecular flexibility index (Phi) is 8.35. The highest BCUT2D eigenvalue weighted by molar-refractivity contribution is 5.80. The lowest BCUT2D eigenvalue weighted by atomic mass is 10.1. The molecule has 21 heavy (non-hydrogen) atoms. The standard InChI is InChI=1S/C9H11NO2.C4H7NO4/c10-8(9(11)12)6-7-4-2-1-3-5-7;5-2(4(8)9)1-3(6)7/h1-5,8H,6,10H2,(H,11,12);2H,1,5H2,(H,6,7)(H,8,9)/t8-;/m0./s1. The van der Waals surface area contributed by atoms with Crippen molar-refractivity contribution in [3.05, 3.63) is 35.9 Å². The van der Waals surface area contributed by atoms with Crippen LogP contribution in [-0.4, -0.2) is 45.3 Å². The average Bonchev–Trinajstić information content (AvgIpc) is 2.39. The van der Waals surface area contributed by atoms with Gasteiger partial charge < -0.3 is 26.8 Å². The first-order chi connectivity index (χ1) is 9.73. The van der Waals surface area contributed by atoms with Crippen molar-refractivity contribution in [2.24, 2.45) is 11.5 Å². The van der Waals surface area contributed by atoms with Crippen LogP contribution in [0.3, 0.4) is 0 Å². The van der Waals surface area contributed by atoms with E-state index in [0.717, 1.165) is 5.56 Å². The fourth-order valence-corrected chi connectivity index (χ4v) is 1.23. The second kappa shape index (κ2) is 9.45. The zero-order chi connectivity index (χ0) is 16.4. The molecule has 2 atom stereocenters. The van der Waals surface area contributed by atoms with Gasteiger partial charge in [-0.15, -0.1) is 0 Å². The third-order valence-electron chi connectivity index (χ3n) is 2.33. The van der Waals surface area contributed by atoms with Crippen LogP contribution >= 0.6 is 0 Å². The molecule has 0 heterocycles. The first-order valence-electron chi connectivity index (χ1n) is 5.96. The molecular formula is C13H18N2O6. The fourth-order valence-electron chi connectivity index (χ4n) is 1.23. The zero-order valence-electron chi connectivity index (χ0n) is 11.2. The third-order valence-corrected chi connectivity index (χ3v) is 2.33. The molecule has 0 fully saturated rings. The number of benzene rings is 1. The van der Waals surface area contributed by atoms with Crippen molar-refractivity contribution in [1.82, 2.24) is 0 Å². The van der Waals surface area contributed by atoms with Gasteiger partial charge in [-0.2, -0.15) is 0 Å². The fraction of sp³-hybridized carbons (Fsp3) is 0.308. The molecule has 0 bridgehead atoms. The van der Waals surface area contributed by atoms with E-state index in [2.05, 4.69) is 0 Å². The van der Waals surface area contributed by atoms with Crippen molar-refractivity contribution in [2.75, 3.05) is 0 Å². The molecule has 0 aliphatic heterocycles. The highest BCUT2D eigenvalue weighted by Crippen LogP contribution is 2.01. The van der Waals surface area contributed by atoms with Crippen LogP contribution in [-0.2, 0) is 20.8 Å². The molecule has 8 nitrogen and oxygen atoms in total. The molecule has 0 spiro atoms. The molecule has 0 saturated heterocycles. The topological polar surface area (TPSA) is 164 Å². The molecule has 0 aliphatic rings. The Balaban J connectivity index is 0.000000400. The molecule has 1 aromatic rings. The molecule has 0 aromatic heterocycles. The summed E-state index contributed by atoms with van der Waals surface area (Å²) in [5, 5.41) is 24.6. The van der Waals surface area contributed by atoms with E-state index < -0.39 is 36.4 Å². The molecule has 1 rings (SSSR count). The molecule has 0 aliphatic carbocycles. The SMILES string of the molecule is NC(CC(=O)O)C(=O)O.N[C@@H](Cc1ccccc1)C(=O)O. The van der Waals surface area contributed by atoms with Gasteiger partial charge in [-0.25, -0.2) is 0 Å². The van der Waals surface area contributed by atoms with E-state index in [4.69, 9.17) is 26.8 Å². The number of carboxylic acid groups (broad SMARTS) is 3. The second-order valence-corrected chi connectivity index (χ2v) is 4.18. The summed E-state index contributed by atoms with van der Waals surface area (Å²) in [6.45, 7) is 0. The van der Waals surface area contributed by atoms with Gasteiger partial charge >= 0.3 is 17.9 Å². The van der Waals surface area contributed by atoms with Gasteiger partial charge in [0.2, 0.25) is 0 Å². The van der Waals surface area contributed by atoms with Gasteiger partial charge in [0, 0.05) is 0 Å². The van der Waals surface area contributed by atoms with Crippen LogP contribution in [0.4, 0.5) is 0 Å². The van der Waals surface area contributed by atoms with Gasteiger partial charge in [0.25, 0.3) is 0 Å². The minimum absolute atomic E-state index is 0.385. The van der Waals surface area contributed by atoms with Crippen molar-refractivity contribution in [3.8, 4) is 0 Å². The maximum Gasteiger partial charge on any atom is 0.321 e. The lowest BCUT2D eigenvalue weighted by Crippen LogP contribution is -2.32. The lowest BCUT2D eigenvalue weighted by molar-refractivity contribution is -0.144. The van der Waals surface area contributed by atoms with Crippen molar-refractivity contribution >= 4 is 17.9 Å². The molecular weight excluding hydrogens is 280 g/mol. The minimum atomic E-state index is -1.29. The highest BCUT2D eigenvalue weighted by Gasteiger charge is 2.14. The Morgan fingerprint density at radius 1 is 0.905 bits per heavy atom. The van der Waals surface area contributed by atoms with E-state index in [9.17, 15) is 14.4 Å². The van der Waals surface area contributed by atoms with Crippen LogP contribution in [0.15, 0.2) is 30.3 Å². The van der Waals surface area contributed by atoms with Crippen molar-refractivity contribution in [3.63, 3.8) is 0 Å². The summed E-state index contributed by atoms with van der Waals surface area (Å²) in [7, 11) is 0. The smallest absolute Gasteiger partial charge is 0.321 e. The number of hydrogen-bond acceptors (Lipinski definition) is 5. The van der Waals surface area contributed by atoms with Gasteiger partial charge in [-0.1, -0.05) is 30.3 Å². The number of aliphatic carboxylic acids is 3. The Hall–Kier alpha value is -2.45. The molecule has 1 unspecified atom stereocenters. The number of carbonyl (C=O) groups is 3. The van der Waals surface area contributed by atoms with Gasteiger partial charge in [0.15, 0.2) is 0 Å². The number of rotatable bonds is 6. The van der Waals surface area contributed by atoms with Gasteiger partial charge in [0.05, 0.1) is 6.42 Å². The summed E-state index contributed by atoms with van der Waals surface area (Å²) in [5.74, 6) is -3.46. The average molecular weight is 298 g/mol. The third kappa shape index (κ3) is 9.14. The maximum absolute atomic E-state index is 10.4. The second-order valence-electron chi connectivity index (χ2n) is 4.18. The predicted molar refractivity (Wildman–Crippen MR) is 73.6 cm³/mol. The van der Waals surface area contributed by atoms with Crippen LogP contribution in [0.5, 0.6) is 0 Å². The molecule has 0 radical (unpaired) electrons. The van der Waals surface area contributed by atoms with E-state index in [0.29, 0.717) is 6.42 Å². The molecule has 8 heteroatoms. The van der Waals surface area contributed by atoms with E-state index in [1.165, 1.54) is 0 Å². The van der Waals surface area contributed by atoms with Crippen LogP contribution < -0.4 is 11.5 Å². The summed E-state index contributed by atoms with van der Waals surface area (Å²) >= 11 is 0. The van der Waals surface area contributed by atoms with E-state index in [-0.39, 0.29) is 0 Å². The van der Waals surface area contributed by atoms with Gasteiger partial charge in [0.1, 0.15) is 12.1 Å². The molecule has 7 N–H and O–H groups in total. The Bertz CT molecular complexity index is 477. The quantitative estimate of drug-likeness (QED) is 0.469. The summed E-state index contributed by atoms with van der Waals surface area (Å²) in [6.07, 6.45) is -0.147. The first-order valence-corrected chi connectivity index (χ1v) is 5.96. The van der Waals surface area contributed by atoms with E-state index in [1.54, 1.807) is 0 Å². The van der Waals surface area contributed by atoms with Crippen molar-refractivity contribution in [2.45, 2.75) is 24.9 Å². The van der Waals surface area contributed by atoms with E-state index >= 15 is 0 Å². The number of nitrogens with two attached hydrogens (primary N) is 2. The molecule has 1 aromatic carbocycles. The predicted octanol–water partition coefficient (Wildman–Crippen LogP) is -0.486. The van der Waals surface area contributed by atoms with Crippen molar-refractivity contribution < 1.29 is 29.7 Å². The summed E-state index contributed by atoms with van der Waals surface area (Å²) in [6, 6.07) is 7.25. The number of carboxylic acids is 3. The first kappa shape index (κ1) is 18.6. The van der Waals surface area contributed by atoms with Crippen molar-refractivity contribution in [1.29, 1.82) is 0 Å². The lowest BCUT2D eigenvalue weighted by Gasteiger charge is -2.04. The summed E-state index contributed by atoms with van der Waals surface area (Å²) in [4.78, 5) is 30.0. The molecule has 116 valence electrons. The Morgan fingerprint density at radius 2 is 1.38 bits per heavy atom. The summed E-state index contributed by atoms with van der Waals surface area (Å²) in [5.41, 5.74) is 11.1. The van der Waals surface area contributed by atoms with Gasteiger partial charge in [-0.05, 0) is 12.0 Å². The van der Waals surface area contributed by atoms with Crippen LogP contribution in [0.1, 0.15) is 12.0 Å². The maximum atomic E-state index is 10.4. The zero-order valence-corrected chi connectivity index (χ0v) is 11.2. The minimum Gasteiger partial charge on any atom is -0.481 e. The highest BCUT2D eigenvalue weighted by atomic mass is 16.4. The monoisotopic (exact) mass is 298 g/mol. The Labute approximate surface area is 121 Å². The molecule has 0 saturated carbocycles. The van der Waals surface area contributed by atoms with Gasteiger partial charge in [-0.3, -0.25) is 14.4 Å². The van der Waals surface area contributed by atoms with Crippen LogP contribution in [0.2, 0.25) is 0 Å². The summed E-state index contributed by atoms with van der Waals surface area (Å²) < 4.78 is 0. The molecule has 0 amide bonds. The number of hydrogen-bond donors (Lipinski definition) is 5. The Morgan fingerprint density at radius 3 is 1.71 bits per heavy atom. The largest absolute Gasteiger partial charge is 0.481 e. The van der Waals surface area contributed by atoms with Crippen LogP contribution in [0, 0.1) is 0 Å².